The molecule has 0 aliphatic rings. The van der Waals surface area contributed by atoms with Gasteiger partial charge in [0.2, 0.25) is 0 Å². The largest absolute Gasteiger partial charge is 0.394 e. The second-order valence-electron chi connectivity index (χ2n) is 4.14. The monoisotopic (exact) mass is 240 g/mol. The molecule has 0 saturated heterocycles. The van der Waals surface area contributed by atoms with Crippen molar-refractivity contribution in [3.05, 3.63) is 24.0 Å². The molecule has 4 heteroatoms. The molecule has 0 aromatic carbocycles. The molecule has 0 radical (unpaired) electrons. The van der Waals surface area contributed by atoms with Crippen molar-refractivity contribution in [3.8, 4) is 0 Å². The van der Waals surface area contributed by atoms with E-state index in [-0.39, 0.29) is 6.61 Å². The molecule has 4 nitrogen and oxygen atoms in total. The van der Waals surface area contributed by atoms with E-state index in [0.717, 1.165) is 19.5 Å². The summed E-state index contributed by atoms with van der Waals surface area (Å²) in [4.78, 5) is 0. The topological polar surface area (TPSA) is 46.4 Å². The summed E-state index contributed by atoms with van der Waals surface area (Å²) >= 11 is 0. The Morgan fingerprint density at radius 1 is 1.47 bits per heavy atom. The Morgan fingerprint density at radius 3 is 3.00 bits per heavy atom. The van der Waals surface area contributed by atoms with Gasteiger partial charge in [0.1, 0.15) is 0 Å². The predicted molar refractivity (Wildman–Crippen MR) is 69.0 cm³/mol. The first-order valence-corrected chi connectivity index (χ1v) is 6.36. The highest BCUT2D eigenvalue weighted by Gasteiger charge is 2.08. The van der Waals surface area contributed by atoms with Crippen molar-refractivity contribution in [2.24, 2.45) is 0 Å². The molecule has 1 heterocycles. The van der Waals surface area contributed by atoms with Gasteiger partial charge in [0, 0.05) is 24.5 Å². The van der Waals surface area contributed by atoms with E-state index in [1.807, 2.05) is 0 Å². The number of hydrogen-bond acceptors (Lipinski definition) is 3. The van der Waals surface area contributed by atoms with Crippen molar-refractivity contribution in [2.45, 2.75) is 32.9 Å². The minimum atomic E-state index is 0.0903. The first-order chi connectivity index (χ1) is 8.29. The van der Waals surface area contributed by atoms with Crippen molar-refractivity contribution in [2.75, 3.05) is 26.4 Å². The fraction of sp³-hybridized carbons (Fsp3) is 0.692. The van der Waals surface area contributed by atoms with Gasteiger partial charge in [0.25, 0.3) is 0 Å². The highest BCUT2D eigenvalue weighted by atomic mass is 16.5. The van der Waals surface area contributed by atoms with Gasteiger partial charge >= 0.3 is 0 Å². The second-order valence-corrected chi connectivity index (χ2v) is 4.14. The third-order valence-corrected chi connectivity index (χ3v) is 2.72. The summed E-state index contributed by atoms with van der Waals surface area (Å²) in [6, 6.07) is 4.56. The summed E-state index contributed by atoms with van der Waals surface area (Å²) in [5.41, 5.74) is 1.28. The fourth-order valence-electron chi connectivity index (χ4n) is 1.82. The van der Waals surface area contributed by atoms with Crippen LogP contribution in [0.5, 0.6) is 0 Å². The zero-order valence-electron chi connectivity index (χ0n) is 10.9. The van der Waals surface area contributed by atoms with Crippen LogP contribution in [0.1, 0.15) is 32.0 Å². The predicted octanol–water partition coefficient (Wildman–Crippen LogP) is 1.56. The molecule has 1 aromatic heterocycles. The molecule has 0 aliphatic heterocycles. The van der Waals surface area contributed by atoms with Crippen LogP contribution < -0.4 is 5.32 Å². The van der Waals surface area contributed by atoms with Crippen LogP contribution in [0.25, 0.3) is 0 Å². The molecule has 0 spiro atoms. The number of nitrogens with one attached hydrogen (secondary N) is 1. The average molecular weight is 240 g/mol. The summed E-state index contributed by atoms with van der Waals surface area (Å²) in [6.07, 6.45) is 3.21. The number of ether oxygens (including phenoxy) is 1. The highest BCUT2D eigenvalue weighted by molar-refractivity contribution is 5.11. The Balaban J connectivity index is 2.41. The molecule has 1 atom stereocenters. The summed E-state index contributed by atoms with van der Waals surface area (Å²) in [7, 11) is 0. The molecule has 1 rings (SSSR count). The van der Waals surface area contributed by atoms with E-state index in [2.05, 4.69) is 42.1 Å². The van der Waals surface area contributed by atoms with Crippen LogP contribution in [-0.4, -0.2) is 36.0 Å². The third kappa shape index (κ3) is 4.89. The van der Waals surface area contributed by atoms with Crippen LogP contribution >= 0.6 is 0 Å². The number of nitrogens with zero attached hydrogens (tertiary/aromatic N) is 1. The first-order valence-electron chi connectivity index (χ1n) is 6.36. The van der Waals surface area contributed by atoms with Crippen molar-refractivity contribution < 1.29 is 9.84 Å². The highest BCUT2D eigenvalue weighted by Crippen LogP contribution is 2.13. The van der Waals surface area contributed by atoms with Gasteiger partial charge in [-0.3, -0.25) is 0 Å². The third-order valence-electron chi connectivity index (χ3n) is 2.72. The lowest BCUT2D eigenvalue weighted by molar-refractivity contribution is 0.0865. The normalized spacial score (nSPS) is 12.9. The number of aliphatic hydroxyl groups excluding tert-OH is 1. The van der Waals surface area contributed by atoms with E-state index >= 15 is 0 Å². The molecule has 0 fully saturated rings. The summed E-state index contributed by atoms with van der Waals surface area (Å²) in [6.45, 7) is 7.36. The number of aliphatic hydroxyl groups is 1. The molecule has 17 heavy (non-hydrogen) atoms. The van der Waals surface area contributed by atoms with Gasteiger partial charge < -0.3 is 19.7 Å². The molecular weight excluding hydrogens is 216 g/mol. The van der Waals surface area contributed by atoms with Gasteiger partial charge in [-0.25, -0.2) is 0 Å². The minimum Gasteiger partial charge on any atom is -0.394 e. The van der Waals surface area contributed by atoms with E-state index in [4.69, 9.17) is 9.84 Å². The van der Waals surface area contributed by atoms with Crippen LogP contribution in [0.3, 0.4) is 0 Å². The van der Waals surface area contributed by atoms with Gasteiger partial charge in [-0.15, -0.1) is 0 Å². The lowest BCUT2D eigenvalue weighted by Gasteiger charge is -2.16. The Labute approximate surface area is 104 Å². The van der Waals surface area contributed by atoms with Gasteiger partial charge in [-0.05, 0) is 32.0 Å². The Morgan fingerprint density at radius 2 is 2.29 bits per heavy atom. The fourth-order valence-corrected chi connectivity index (χ4v) is 1.82. The van der Waals surface area contributed by atoms with Gasteiger partial charge in [-0.2, -0.15) is 0 Å². The number of hydrogen-bond donors (Lipinski definition) is 2. The first kappa shape index (κ1) is 14.2. The lowest BCUT2D eigenvalue weighted by atomic mass is 10.2. The van der Waals surface area contributed by atoms with Crippen LogP contribution in [0.15, 0.2) is 18.3 Å². The van der Waals surface area contributed by atoms with E-state index in [9.17, 15) is 0 Å². The Bertz CT molecular complexity index is 299. The van der Waals surface area contributed by atoms with Crippen LogP contribution in [0.4, 0.5) is 0 Å². The van der Waals surface area contributed by atoms with E-state index < -0.39 is 0 Å². The zero-order chi connectivity index (χ0) is 12.5. The Kier molecular flexibility index (Phi) is 6.93. The van der Waals surface area contributed by atoms with Crippen molar-refractivity contribution in [1.29, 1.82) is 0 Å². The van der Waals surface area contributed by atoms with Crippen molar-refractivity contribution in [1.82, 2.24) is 9.88 Å². The van der Waals surface area contributed by atoms with E-state index in [0.29, 0.717) is 19.3 Å². The minimum absolute atomic E-state index is 0.0903. The second kappa shape index (κ2) is 8.28. The smallest absolute Gasteiger partial charge is 0.0698 e. The molecule has 0 saturated carbocycles. The molecule has 1 aromatic rings. The quantitative estimate of drug-likeness (QED) is 0.644. The maximum atomic E-state index is 8.62. The summed E-state index contributed by atoms with van der Waals surface area (Å²) < 4.78 is 7.48. The summed E-state index contributed by atoms with van der Waals surface area (Å²) in [5.74, 6) is 0. The standard InChI is InChI=1S/C13H24N2O2/c1-3-6-14-12(2)13-5-4-7-15(13)8-10-17-11-9-16/h4-5,7,12,14,16H,3,6,8-11H2,1-2H3. The maximum absolute atomic E-state index is 8.62. The van der Waals surface area contributed by atoms with Crippen molar-refractivity contribution in [3.63, 3.8) is 0 Å². The molecule has 98 valence electrons. The van der Waals surface area contributed by atoms with Crippen molar-refractivity contribution >= 4 is 0 Å². The molecule has 1 unspecified atom stereocenters. The van der Waals surface area contributed by atoms with Crippen LogP contribution in [-0.2, 0) is 11.3 Å². The lowest BCUT2D eigenvalue weighted by Crippen LogP contribution is -2.22. The van der Waals surface area contributed by atoms with E-state index in [1.165, 1.54) is 5.69 Å². The van der Waals surface area contributed by atoms with Gasteiger partial charge in [0.05, 0.1) is 19.8 Å². The SMILES string of the molecule is CCCNC(C)c1cccn1CCOCCO. The molecule has 0 bridgehead atoms. The van der Waals surface area contributed by atoms with Crippen LogP contribution in [0.2, 0.25) is 0 Å². The molecule has 0 aliphatic carbocycles. The van der Waals surface area contributed by atoms with Gasteiger partial charge in [-0.1, -0.05) is 6.92 Å². The molecule has 0 amide bonds. The average Bonchev–Trinajstić information content (AvgIpc) is 2.80. The van der Waals surface area contributed by atoms with E-state index in [1.54, 1.807) is 0 Å². The maximum Gasteiger partial charge on any atom is 0.0698 e. The number of aromatic nitrogens is 1. The molecular formula is C13H24N2O2. The number of rotatable bonds is 9. The van der Waals surface area contributed by atoms with Crippen LogP contribution in [0, 0.1) is 0 Å². The summed E-state index contributed by atoms with van der Waals surface area (Å²) in [5, 5.41) is 12.1. The Hall–Kier alpha value is -0.840. The van der Waals surface area contributed by atoms with Gasteiger partial charge in [0.15, 0.2) is 0 Å². The molecule has 2 N–H and O–H groups in total. The zero-order valence-corrected chi connectivity index (χ0v) is 10.9.